The summed E-state index contributed by atoms with van der Waals surface area (Å²) in [7, 11) is 0. The van der Waals surface area contributed by atoms with Gasteiger partial charge in [0, 0.05) is 11.3 Å². The van der Waals surface area contributed by atoms with Gasteiger partial charge in [-0.1, -0.05) is 6.42 Å². The maximum atomic E-state index is 5.50. The third-order valence-corrected chi connectivity index (χ3v) is 3.95. The molecular formula is C11H18N2S. The van der Waals surface area contributed by atoms with Crippen molar-refractivity contribution in [3.8, 4) is 0 Å². The van der Waals surface area contributed by atoms with Crippen LogP contribution >= 0.6 is 11.3 Å². The molecule has 0 aromatic carbocycles. The standard InChI is InChI=1S/C11H18N2S/c12-8-4-7-11-13-9-5-2-1-3-6-10(9)14-11/h1-8,12H2. The first kappa shape index (κ1) is 10.1. The molecule has 1 aliphatic rings. The van der Waals surface area contributed by atoms with E-state index in [1.807, 2.05) is 11.3 Å². The second-order valence-electron chi connectivity index (χ2n) is 3.93. The van der Waals surface area contributed by atoms with E-state index in [4.69, 9.17) is 10.7 Å². The van der Waals surface area contributed by atoms with Crippen molar-refractivity contribution in [2.45, 2.75) is 44.9 Å². The van der Waals surface area contributed by atoms with Crippen LogP contribution < -0.4 is 5.73 Å². The Balaban J connectivity index is 2.06. The lowest BCUT2D eigenvalue weighted by atomic mass is 10.2. The van der Waals surface area contributed by atoms with Crippen molar-refractivity contribution < 1.29 is 0 Å². The Labute approximate surface area is 89.5 Å². The van der Waals surface area contributed by atoms with Crippen LogP contribution in [0.5, 0.6) is 0 Å². The Bertz CT molecular complexity index is 270. The van der Waals surface area contributed by atoms with Crippen LogP contribution in [0.4, 0.5) is 0 Å². The Morgan fingerprint density at radius 3 is 2.93 bits per heavy atom. The zero-order valence-corrected chi connectivity index (χ0v) is 9.41. The van der Waals surface area contributed by atoms with Crippen LogP contribution in [0.3, 0.4) is 0 Å². The fraction of sp³-hybridized carbons (Fsp3) is 0.727. The predicted octanol–water partition coefficient (Wildman–Crippen LogP) is 2.30. The summed E-state index contributed by atoms with van der Waals surface area (Å²) in [5.41, 5.74) is 6.89. The molecule has 2 nitrogen and oxygen atoms in total. The van der Waals surface area contributed by atoms with Crippen LogP contribution in [0.2, 0.25) is 0 Å². The molecule has 0 saturated carbocycles. The SMILES string of the molecule is NCCCc1nc2c(s1)CCCCC2. The summed E-state index contributed by atoms with van der Waals surface area (Å²) in [5.74, 6) is 0. The molecule has 0 unspecified atom stereocenters. The predicted molar refractivity (Wildman–Crippen MR) is 60.7 cm³/mol. The van der Waals surface area contributed by atoms with E-state index in [9.17, 15) is 0 Å². The van der Waals surface area contributed by atoms with E-state index in [0.717, 1.165) is 19.4 Å². The normalized spacial score (nSPS) is 16.4. The summed E-state index contributed by atoms with van der Waals surface area (Å²) in [6.07, 6.45) is 8.67. The third kappa shape index (κ3) is 2.34. The minimum Gasteiger partial charge on any atom is -0.330 e. The summed E-state index contributed by atoms with van der Waals surface area (Å²) in [4.78, 5) is 6.26. The van der Waals surface area contributed by atoms with Crippen LogP contribution in [0.1, 0.15) is 41.3 Å². The van der Waals surface area contributed by atoms with Crippen molar-refractivity contribution in [3.63, 3.8) is 0 Å². The molecule has 2 N–H and O–H groups in total. The van der Waals surface area contributed by atoms with Gasteiger partial charge in [0.1, 0.15) is 0 Å². The van der Waals surface area contributed by atoms with E-state index >= 15 is 0 Å². The van der Waals surface area contributed by atoms with Gasteiger partial charge in [-0.25, -0.2) is 4.98 Å². The lowest BCUT2D eigenvalue weighted by Crippen LogP contribution is -2.00. The van der Waals surface area contributed by atoms with Crippen molar-refractivity contribution in [3.05, 3.63) is 15.6 Å². The average Bonchev–Trinajstić information content (AvgIpc) is 2.46. The Hall–Kier alpha value is -0.410. The van der Waals surface area contributed by atoms with Gasteiger partial charge < -0.3 is 5.73 Å². The highest BCUT2D eigenvalue weighted by atomic mass is 32.1. The molecule has 0 saturated heterocycles. The third-order valence-electron chi connectivity index (χ3n) is 2.73. The largest absolute Gasteiger partial charge is 0.330 e. The molecule has 0 amide bonds. The van der Waals surface area contributed by atoms with Crippen molar-refractivity contribution in [1.82, 2.24) is 4.98 Å². The van der Waals surface area contributed by atoms with Gasteiger partial charge in [-0.15, -0.1) is 11.3 Å². The molecule has 1 aliphatic carbocycles. The lowest BCUT2D eigenvalue weighted by molar-refractivity contribution is 0.707. The van der Waals surface area contributed by atoms with E-state index in [1.165, 1.54) is 42.8 Å². The highest BCUT2D eigenvalue weighted by Gasteiger charge is 2.13. The zero-order valence-electron chi connectivity index (χ0n) is 8.59. The topological polar surface area (TPSA) is 38.9 Å². The number of nitrogens with two attached hydrogens (primary N) is 1. The molecule has 0 radical (unpaired) electrons. The van der Waals surface area contributed by atoms with E-state index in [2.05, 4.69) is 0 Å². The summed E-state index contributed by atoms with van der Waals surface area (Å²) in [5, 5.41) is 1.31. The molecule has 1 aromatic rings. The number of nitrogens with zero attached hydrogens (tertiary/aromatic N) is 1. The molecule has 1 heterocycles. The lowest BCUT2D eigenvalue weighted by Gasteiger charge is -1.93. The molecular weight excluding hydrogens is 192 g/mol. The van der Waals surface area contributed by atoms with Gasteiger partial charge >= 0.3 is 0 Å². The Morgan fingerprint density at radius 1 is 1.21 bits per heavy atom. The number of hydrogen-bond acceptors (Lipinski definition) is 3. The summed E-state index contributed by atoms with van der Waals surface area (Å²) in [6.45, 7) is 0.782. The average molecular weight is 210 g/mol. The van der Waals surface area contributed by atoms with Gasteiger partial charge in [0.2, 0.25) is 0 Å². The molecule has 3 heteroatoms. The van der Waals surface area contributed by atoms with Crippen LogP contribution in [-0.2, 0) is 19.3 Å². The van der Waals surface area contributed by atoms with E-state index in [1.54, 1.807) is 4.88 Å². The molecule has 14 heavy (non-hydrogen) atoms. The first-order valence-corrected chi connectivity index (χ1v) is 6.39. The number of hydrogen-bond donors (Lipinski definition) is 1. The second kappa shape index (κ2) is 4.89. The molecule has 2 rings (SSSR count). The quantitative estimate of drug-likeness (QED) is 0.778. The molecule has 0 fully saturated rings. The number of rotatable bonds is 3. The Kier molecular flexibility index (Phi) is 3.54. The summed E-state index contributed by atoms with van der Waals surface area (Å²) >= 11 is 1.92. The second-order valence-corrected chi connectivity index (χ2v) is 5.10. The highest BCUT2D eigenvalue weighted by Crippen LogP contribution is 2.26. The van der Waals surface area contributed by atoms with Gasteiger partial charge in [0.05, 0.1) is 10.7 Å². The summed E-state index contributed by atoms with van der Waals surface area (Å²) < 4.78 is 0. The highest BCUT2D eigenvalue weighted by molar-refractivity contribution is 7.11. The zero-order chi connectivity index (χ0) is 9.80. The Morgan fingerprint density at radius 2 is 2.07 bits per heavy atom. The van der Waals surface area contributed by atoms with E-state index in [-0.39, 0.29) is 0 Å². The van der Waals surface area contributed by atoms with Crippen molar-refractivity contribution >= 4 is 11.3 Å². The van der Waals surface area contributed by atoms with Gasteiger partial charge in [-0.05, 0) is 38.6 Å². The summed E-state index contributed by atoms with van der Waals surface area (Å²) in [6, 6.07) is 0. The van der Waals surface area contributed by atoms with E-state index < -0.39 is 0 Å². The molecule has 0 bridgehead atoms. The maximum Gasteiger partial charge on any atom is 0.0931 e. The minimum absolute atomic E-state index is 0.782. The number of aromatic nitrogens is 1. The van der Waals surface area contributed by atoms with Gasteiger partial charge in [0.15, 0.2) is 0 Å². The molecule has 1 aromatic heterocycles. The number of fused-ring (bicyclic) bond motifs is 1. The minimum atomic E-state index is 0.782. The van der Waals surface area contributed by atoms with Gasteiger partial charge in [-0.2, -0.15) is 0 Å². The van der Waals surface area contributed by atoms with Gasteiger partial charge in [-0.3, -0.25) is 0 Å². The fourth-order valence-corrected chi connectivity index (χ4v) is 3.14. The molecule has 0 atom stereocenters. The fourth-order valence-electron chi connectivity index (χ4n) is 1.94. The monoisotopic (exact) mass is 210 g/mol. The molecule has 78 valence electrons. The van der Waals surface area contributed by atoms with Gasteiger partial charge in [0.25, 0.3) is 0 Å². The number of aryl methyl sites for hydroxylation is 3. The smallest absolute Gasteiger partial charge is 0.0931 e. The van der Waals surface area contributed by atoms with Crippen LogP contribution in [0.15, 0.2) is 0 Å². The van der Waals surface area contributed by atoms with Crippen LogP contribution in [-0.4, -0.2) is 11.5 Å². The molecule has 0 aliphatic heterocycles. The first-order chi connectivity index (χ1) is 6.90. The van der Waals surface area contributed by atoms with Crippen LogP contribution in [0, 0.1) is 0 Å². The molecule has 0 spiro atoms. The van der Waals surface area contributed by atoms with Crippen LogP contribution in [0.25, 0.3) is 0 Å². The van der Waals surface area contributed by atoms with Crippen molar-refractivity contribution in [2.75, 3.05) is 6.54 Å². The van der Waals surface area contributed by atoms with Crippen molar-refractivity contribution in [2.24, 2.45) is 5.73 Å². The maximum absolute atomic E-state index is 5.50. The van der Waals surface area contributed by atoms with Crippen molar-refractivity contribution in [1.29, 1.82) is 0 Å². The van der Waals surface area contributed by atoms with E-state index in [0.29, 0.717) is 0 Å². The first-order valence-electron chi connectivity index (χ1n) is 5.57. The number of thiazole rings is 1.